The molecule has 0 saturated carbocycles. The summed E-state index contributed by atoms with van der Waals surface area (Å²) in [5.41, 5.74) is 2.01. The van der Waals surface area contributed by atoms with Crippen molar-refractivity contribution in [2.24, 2.45) is 0 Å². The molecule has 1 heterocycles. The monoisotopic (exact) mass is 328 g/mol. The van der Waals surface area contributed by atoms with Crippen molar-refractivity contribution in [2.75, 3.05) is 20.1 Å². The van der Waals surface area contributed by atoms with Crippen LogP contribution < -0.4 is 0 Å². The average Bonchev–Trinajstić information content (AvgIpc) is 2.80. The van der Waals surface area contributed by atoms with Gasteiger partial charge in [0.1, 0.15) is 0 Å². The largest absolute Gasteiger partial charge is 0.300 e. The number of fused-ring (bicyclic) bond motifs is 1. The fraction of sp³-hybridized carbons (Fsp3) is 0.222. The van der Waals surface area contributed by atoms with Gasteiger partial charge in [0.15, 0.2) is 0 Å². The van der Waals surface area contributed by atoms with Gasteiger partial charge in [0, 0.05) is 24.7 Å². The Hall–Kier alpha value is -2.17. The highest BCUT2D eigenvalue weighted by Gasteiger charge is 2.34. The molecule has 2 aromatic carbocycles. The van der Waals surface area contributed by atoms with Crippen LogP contribution in [0.5, 0.6) is 0 Å². The molecular formula is C18H17ClN2O2. The Morgan fingerprint density at radius 2 is 1.52 bits per heavy atom. The fourth-order valence-electron chi connectivity index (χ4n) is 2.71. The van der Waals surface area contributed by atoms with E-state index in [1.54, 1.807) is 24.3 Å². The van der Waals surface area contributed by atoms with Crippen molar-refractivity contribution >= 4 is 23.4 Å². The number of carbonyl (C=O) groups is 2. The molecule has 1 aliphatic rings. The van der Waals surface area contributed by atoms with Crippen LogP contribution in [-0.4, -0.2) is 41.8 Å². The minimum Gasteiger partial charge on any atom is -0.300 e. The summed E-state index contributed by atoms with van der Waals surface area (Å²) in [6.07, 6.45) is 0. The van der Waals surface area contributed by atoms with Gasteiger partial charge < -0.3 is 4.90 Å². The number of halogens is 1. The van der Waals surface area contributed by atoms with E-state index in [2.05, 4.69) is 0 Å². The Bertz CT molecular complexity index is 725. The molecule has 1 aliphatic heterocycles. The van der Waals surface area contributed by atoms with Crippen molar-refractivity contribution in [1.29, 1.82) is 0 Å². The molecule has 0 aliphatic carbocycles. The van der Waals surface area contributed by atoms with E-state index in [-0.39, 0.29) is 11.8 Å². The Labute approximate surface area is 140 Å². The third-order valence-corrected chi connectivity index (χ3v) is 4.35. The van der Waals surface area contributed by atoms with Gasteiger partial charge in [-0.1, -0.05) is 41.9 Å². The molecule has 0 radical (unpaired) electrons. The fourth-order valence-corrected chi connectivity index (χ4v) is 2.90. The lowest BCUT2D eigenvalue weighted by Crippen LogP contribution is -2.36. The lowest BCUT2D eigenvalue weighted by molar-refractivity contribution is 0.0640. The molecule has 0 unspecified atom stereocenters. The number of carbonyl (C=O) groups excluding carboxylic acids is 2. The van der Waals surface area contributed by atoms with Gasteiger partial charge in [-0.05, 0) is 30.8 Å². The standard InChI is InChI=1S/C18H17ClN2O2/c1-20(12-13-6-2-5-9-16(13)19)10-11-21-17(22)14-7-3-4-8-15(14)18(21)23/h2-9H,10-12H2,1H3. The van der Waals surface area contributed by atoms with Crippen LogP contribution in [-0.2, 0) is 6.54 Å². The van der Waals surface area contributed by atoms with Crippen molar-refractivity contribution in [2.45, 2.75) is 6.54 Å². The molecule has 0 N–H and O–H groups in total. The van der Waals surface area contributed by atoms with Crippen LogP contribution >= 0.6 is 11.6 Å². The highest BCUT2D eigenvalue weighted by atomic mass is 35.5. The van der Waals surface area contributed by atoms with Gasteiger partial charge in [-0.2, -0.15) is 0 Å². The maximum atomic E-state index is 12.3. The Balaban J connectivity index is 1.62. The average molecular weight is 329 g/mol. The summed E-state index contributed by atoms with van der Waals surface area (Å²) in [5.74, 6) is -0.423. The van der Waals surface area contributed by atoms with Crippen molar-refractivity contribution < 1.29 is 9.59 Å². The topological polar surface area (TPSA) is 40.6 Å². The van der Waals surface area contributed by atoms with Crippen LogP contribution in [0.4, 0.5) is 0 Å². The van der Waals surface area contributed by atoms with E-state index in [1.165, 1.54) is 4.90 Å². The summed E-state index contributed by atoms with van der Waals surface area (Å²) in [7, 11) is 1.95. The van der Waals surface area contributed by atoms with Crippen LogP contribution in [0.15, 0.2) is 48.5 Å². The number of amides is 2. The molecule has 0 fully saturated rings. The zero-order chi connectivity index (χ0) is 16.4. The zero-order valence-corrected chi connectivity index (χ0v) is 13.6. The first-order valence-corrected chi connectivity index (χ1v) is 7.83. The predicted octanol–water partition coefficient (Wildman–Crippen LogP) is 3.07. The Morgan fingerprint density at radius 1 is 0.957 bits per heavy atom. The lowest BCUT2D eigenvalue weighted by Gasteiger charge is -2.21. The van der Waals surface area contributed by atoms with Crippen LogP contribution in [0.2, 0.25) is 5.02 Å². The molecule has 0 saturated heterocycles. The van der Waals surface area contributed by atoms with E-state index in [0.717, 1.165) is 10.6 Å². The third-order valence-electron chi connectivity index (χ3n) is 3.98. The van der Waals surface area contributed by atoms with E-state index in [9.17, 15) is 9.59 Å². The molecule has 23 heavy (non-hydrogen) atoms. The van der Waals surface area contributed by atoms with Gasteiger partial charge in [0.05, 0.1) is 11.1 Å². The molecule has 2 aromatic rings. The molecule has 0 bridgehead atoms. The summed E-state index contributed by atoms with van der Waals surface area (Å²) in [6.45, 7) is 1.63. The molecule has 0 atom stereocenters. The number of nitrogens with zero attached hydrogens (tertiary/aromatic N) is 2. The number of hydrogen-bond donors (Lipinski definition) is 0. The third kappa shape index (κ3) is 3.14. The molecule has 0 aromatic heterocycles. The molecule has 2 amide bonds. The van der Waals surface area contributed by atoms with Crippen LogP contribution in [0.3, 0.4) is 0 Å². The quantitative estimate of drug-likeness (QED) is 0.792. The van der Waals surface area contributed by atoms with Crippen molar-refractivity contribution in [1.82, 2.24) is 9.80 Å². The van der Waals surface area contributed by atoms with E-state index >= 15 is 0 Å². The predicted molar refractivity (Wildman–Crippen MR) is 89.6 cm³/mol. The normalized spacial score (nSPS) is 13.8. The minimum atomic E-state index is -0.211. The second kappa shape index (κ2) is 6.52. The van der Waals surface area contributed by atoms with E-state index < -0.39 is 0 Å². The first-order valence-electron chi connectivity index (χ1n) is 7.45. The zero-order valence-electron chi connectivity index (χ0n) is 12.8. The van der Waals surface area contributed by atoms with Gasteiger partial charge in [0.2, 0.25) is 0 Å². The number of imide groups is 1. The van der Waals surface area contributed by atoms with Gasteiger partial charge in [-0.3, -0.25) is 14.5 Å². The van der Waals surface area contributed by atoms with Crippen LogP contribution in [0.1, 0.15) is 26.3 Å². The lowest BCUT2D eigenvalue weighted by atomic mass is 10.1. The van der Waals surface area contributed by atoms with Crippen molar-refractivity contribution in [3.05, 3.63) is 70.2 Å². The molecular weight excluding hydrogens is 312 g/mol. The van der Waals surface area contributed by atoms with Crippen LogP contribution in [0, 0.1) is 0 Å². The molecule has 5 heteroatoms. The maximum absolute atomic E-state index is 12.3. The SMILES string of the molecule is CN(CCN1C(=O)c2ccccc2C1=O)Cc1ccccc1Cl. The van der Waals surface area contributed by atoms with E-state index in [0.29, 0.717) is 30.8 Å². The van der Waals surface area contributed by atoms with Gasteiger partial charge >= 0.3 is 0 Å². The second-order valence-electron chi connectivity index (χ2n) is 5.64. The van der Waals surface area contributed by atoms with Gasteiger partial charge in [-0.15, -0.1) is 0 Å². The van der Waals surface area contributed by atoms with E-state index in [1.807, 2.05) is 36.2 Å². The smallest absolute Gasteiger partial charge is 0.261 e. The molecule has 4 nitrogen and oxygen atoms in total. The number of rotatable bonds is 5. The van der Waals surface area contributed by atoms with Gasteiger partial charge in [-0.25, -0.2) is 0 Å². The van der Waals surface area contributed by atoms with Crippen molar-refractivity contribution in [3.63, 3.8) is 0 Å². The van der Waals surface area contributed by atoms with E-state index in [4.69, 9.17) is 11.6 Å². The summed E-state index contributed by atoms with van der Waals surface area (Å²) in [5, 5.41) is 0.722. The second-order valence-corrected chi connectivity index (χ2v) is 6.04. The molecule has 3 rings (SSSR count). The summed E-state index contributed by atoms with van der Waals surface area (Å²) in [4.78, 5) is 28.0. The van der Waals surface area contributed by atoms with Crippen molar-refractivity contribution in [3.8, 4) is 0 Å². The number of benzene rings is 2. The highest BCUT2D eigenvalue weighted by Crippen LogP contribution is 2.22. The summed E-state index contributed by atoms with van der Waals surface area (Å²) < 4.78 is 0. The first kappa shape index (κ1) is 15.7. The maximum Gasteiger partial charge on any atom is 0.261 e. The Kier molecular flexibility index (Phi) is 4.46. The molecule has 0 spiro atoms. The number of likely N-dealkylation sites (N-methyl/N-ethyl adjacent to an activating group) is 1. The molecule has 118 valence electrons. The number of hydrogen-bond acceptors (Lipinski definition) is 3. The minimum absolute atomic E-state index is 0.211. The summed E-state index contributed by atoms with van der Waals surface area (Å²) in [6, 6.07) is 14.6. The Morgan fingerprint density at radius 3 is 2.13 bits per heavy atom. The first-order chi connectivity index (χ1) is 11.1. The highest BCUT2D eigenvalue weighted by molar-refractivity contribution is 6.31. The van der Waals surface area contributed by atoms with Crippen LogP contribution in [0.25, 0.3) is 0 Å². The summed E-state index contributed by atoms with van der Waals surface area (Å²) >= 11 is 6.16. The van der Waals surface area contributed by atoms with Gasteiger partial charge in [0.25, 0.3) is 11.8 Å².